The standard InChI is InChI=1S/C18H14N2O/c21-17-18(14-3-1-2-4-16(14)20-17)8-15(18)11-5-6-12-9-19-10-13(12)7-11/h1-7,9,15H,8,10H2,(H,20,21)/t15?,18-/m1/s1. The van der Waals surface area contributed by atoms with E-state index in [9.17, 15) is 4.79 Å². The molecular formula is C18H14N2O. The molecule has 2 aliphatic heterocycles. The molecule has 3 heteroatoms. The normalized spacial score (nSPS) is 27.6. The molecule has 1 aliphatic carbocycles. The number of nitrogens with one attached hydrogen (secondary N) is 1. The second-order valence-corrected chi connectivity index (χ2v) is 6.16. The van der Waals surface area contributed by atoms with Crippen LogP contribution >= 0.6 is 0 Å². The van der Waals surface area contributed by atoms with E-state index < -0.39 is 0 Å². The maximum Gasteiger partial charge on any atom is 0.235 e. The summed E-state index contributed by atoms with van der Waals surface area (Å²) < 4.78 is 0. The lowest BCUT2D eigenvalue weighted by atomic mass is 9.91. The summed E-state index contributed by atoms with van der Waals surface area (Å²) in [5, 5.41) is 3.04. The average Bonchev–Trinajstić information content (AvgIpc) is 2.97. The van der Waals surface area contributed by atoms with E-state index in [4.69, 9.17) is 0 Å². The van der Waals surface area contributed by atoms with Gasteiger partial charge in [0, 0.05) is 17.8 Å². The zero-order valence-corrected chi connectivity index (χ0v) is 11.5. The van der Waals surface area contributed by atoms with Crippen molar-refractivity contribution in [3.05, 3.63) is 64.7 Å². The number of carbonyl (C=O) groups is 1. The molecule has 1 amide bonds. The number of carbonyl (C=O) groups excluding carboxylic acids is 1. The van der Waals surface area contributed by atoms with Gasteiger partial charge in [0.05, 0.1) is 12.0 Å². The Morgan fingerprint density at radius 1 is 1.19 bits per heavy atom. The second-order valence-electron chi connectivity index (χ2n) is 6.16. The summed E-state index contributed by atoms with van der Waals surface area (Å²) in [5.74, 6) is 0.456. The minimum absolute atomic E-state index is 0.158. The van der Waals surface area contributed by atoms with Crippen molar-refractivity contribution in [2.75, 3.05) is 5.32 Å². The fourth-order valence-electron chi connectivity index (χ4n) is 3.90. The number of aliphatic imine (C=N–C) groups is 1. The summed E-state index contributed by atoms with van der Waals surface area (Å²) in [6.45, 7) is 0.770. The van der Waals surface area contributed by atoms with Crippen LogP contribution < -0.4 is 5.32 Å². The molecule has 3 nitrogen and oxygen atoms in total. The molecule has 1 saturated carbocycles. The minimum Gasteiger partial charge on any atom is -0.325 e. The van der Waals surface area contributed by atoms with E-state index in [0.29, 0.717) is 5.92 Å². The van der Waals surface area contributed by atoms with Crippen LogP contribution in [0.4, 0.5) is 5.69 Å². The van der Waals surface area contributed by atoms with Gasteiger partial charge in [0.2, 0.25) is 5.91 Å². The first-order valence-corrected chi connectivity index (χ1v) is 7.33. The van der Waals surface area contributed by atoms with E-state index in [1.54, 1.807) is 0 Å². The van der Waals surface area contributed by atoms with Crippen molar-refractivity contribution in [2.24, 2.45) is 4.99 Å². The van der Waals surface area contributed by atoms with Gasteiger partial charge in [-0.3, -0.25) is 9.79 Å². The molecule has 102 valence electrons. The Morgan fingerprint density at radius 3 is 3.05 bits per heavy atom. The predicted molar refractivity (Wildman–Crippen MR) is 81.8 cm³/mol. The van der Waals surface area contributed by atoms with Crippen LogP contribution in [0.25, 0.3) is 0 Å². The third kappa shape index (κ3) is 1.33. The molecule has 1 spiro atoms. The van der Waals surface area contributed by atoms with Gasteiger partial charge in [-0.05, 0) is 34.7 Å². The molecule has 0 saturated heterocycles. The molecule has 0 aromatic heterocycles. The fraction of sp³-hybridized carbons (Fsp3) is 0.222. The summed E-state index contributed by atoms with van der Waals surface area (Å²) in [6, 6.07) is 14.6. The van der Waals surface area contributed by atoms with Crippen LogP contribution in [0.3, 0.4) is 0 Å². The number of para-hydroxylation sites is 1. The van der Waals surface area contributed by atoms with Crippen LogP contribution in [0.5, 0.6) is 0 Å². The summed E-state index contributed by atoms with van der Waals surface area (Å²) in [6.07, 6.45) is 2.84. The lowest BCUT2D eigenvalue weighted by molar-refractivity contribution is -0.118. The van der Waals surface area contributed by atoms with Gasteiger partial charge in [0.25, 0.3) is 0 Å². The molecular weight excluding hydrogens is 260 g/mol. The Hall–Kier alpha value is -2.42. The van der Waals surface area contributed by atoms with Crippen LogP contribution in [-0.2, 0) is 16.8 Å². The minimum atomic E-state index is -0.329. The van der Waals surface area contributed by atoms with Crippen molar-refractivity contribution in [2.45, 2.75) is 24.3 Å². The van der Waals surface area contributed by atoms with Gasteiger partial charge < -0.3 is 5.32 Å². The summed E-state index contributed by atoms with van der Waals surface area (Å²) >= 11 is 0. The van der Waals surface area contributed by atoms with Gasteiger partial charge in [-0.15, -0.1) is 0 Å². The van der Waals surface area contributed by atoms with Gasteiger partial charge in [-0.2, -0.15) is 0 Å². The second kappa shape index (κ2) is 3.61. The third-order valence-electron chi connectivity index (χ3n) is 5.08. The van der Waals surface area contributed by atoms with Crippen LogP contribution in [0.1, 0.15) is 34.6 Å². The van der Waals surface area contributed by atoms with E-state index in [-0.39, 0.29) is 11.3 Å². The smallest absolute Gasteiger partial charge is 0.235 e. The number of benzene rings is 2. The molecule has 21 heavy (non-hydrogen) atoms. The highest BCUT2D eigenvalue weighted by Gasteiger charge is 2.65. The molecule has 2 aromatic carbocycles. The molecule has 1 fully saturated rings. The Morgan fingerprint density at radius 2 is 2.10 bits per heavy atom. The topological polar surface area (TPSA) is 41.5 Å². The first kappa shape index (κ1) is 11.3. The molecule has 5 rings (SSSR count). The van der Waals surface area contributed by atoms with Crippen molar-refractivity contribution in [3.8, 4) is 0 Å². The van der Waals surface area contributed by atoms with Crippen LogP contribution in [0.15, 0.2) is 47.5 Å². The van der Waals surface area contributed by atoms with Crippen molar-refractivity contribution >= 4 is 17.8 Å². The molecule has 2 heterocycles. The van der Waals surface area contributed by atoms with Gasteiger partial charge >= 0.3 is 0 Å². The first-order valence-electron chi connectivity index (χ1n) is 7.33. The number of amides is 1. The van der Waals surface area contributed by atoms with Crippen molar-refractivity contribution in [3.63, 3.8) is 0 Å². The largest absolute Gasteiger partial charge is 0.325 e. The Kier molecular flexibility index (Phi) is 1.94. The predicted octanol–water partition coefficient (Wildman–Crippen LogP) is 3.00. The van der Waals surface area contributed by atoms with Gasteiger partial charge in [0.1, 0.15) is 0 Å². The molecule has 3 aliphatic rings. The zero-order valence-electron chi connectivity index (χ0n) is 11.5. The monoisotopic (exact) mass is 274 g/mol. The zero-order chi connectivity index (χ0) is 14.0. The van der Waals surface area contributed by atoms with Gasteiger partial charge in [0.15, 0.2) is 0 Å². The van der Waals surface area contributed by atoms with E-state index in [2.05, 4.69) is 34.6 Å². The molecule has 2 atom stereocenters. The Bertz CT molecular complexity index is 824. The number of hydrogen-bond donors (Lipinski definition) is 1. The lowest BCUT2D eigenvalue weighted by Gasteiger charge is -2.09. The molecule has 0 bridgehead atoms. The van der Waals surface area contributed by atoms with Crippen LogP contribution in [0, 0.1) is 0 Å². The number of hydrogen-bond acceptors (Lipinski definition) is 2. The first-order chi connectivity index (χ1) is 10.3. The highest BCUT2D eigenvalue weighted by molar-refractivity contribution is 6.09. The van der Waals surface area contributed by atoms with Crippen LogP contribution in [-0.4, -0.2) is 12.1 Å². The highest BCUT2D eigenvalue weighted by Crippen LogP contribution is 2.64. The number of rotatable bonds is 1. The summed E-state index contributed by atoms with van der Waals surface area (Å²) in [4.78, 5) is 16.8. The van der Waals surface area contributed by atoms with E-state index >= 15 is 0 Å². The Labute approximate surface area is 122 Å². The van der Waals surface area contributed by atoms with Crippen LogP contribution in [0.2, 0.25) is 0 Å². The molecule has 1 unspecified atom stereocenters. The number of fused-ring (bicyclic) bond motifs is 3. The average molecular weight is 274 g/mol. The fourth-order valence-corrected chi connectivity index (χ4v) is 3.90. The number of nitrogens with zero attached hydrogens (tertiary/aromatic N) is 1. The highest BCUT2D eigenvalue weighted by atomic mass is 16.2. The quantitative estimate of drug-likeness (QED) is 0.853. The number of anilines is 1. The maximum atomic E-state index is 12.5. The van der Waals surface area contributed by atoms with Crippen molar-refractivity contribution < 1.29 is 4.79 Å². The van der Waals surface area contributed by atoms with E-state index in [1.165, 1.54) is 16.7 Å². The third-order valence-corrected chi connectivity index (χ3v) is 5.08. The van der Waals surface area contributed by atoms with Crippen molar-refractivity contribution in [1.29, 1.82) is 0 Å². The van der Waals surface area contributed by atoms with E-state index in [0.717, 1.165) is 24.2 Å². The Balaban J connectivity index is 1.58. The molecule has 1 N–H and O–H groups in total. The van der Waals surface area contributed by atoms with Crippen molar-refractivity contribution in [1.82, 2.24) is 0 Å². The molecule has 0 radical (unpaired) electrons. The van der Waals surface area contributed by atoms with E-state index in [1.807, 2.05) is 24.4 Å². The lowest BCUT2D eigenvalue weighted by Crippen LogP contribution is -2.21. The summed E-state index contributed by atoms with van der Waals surface area (Å²) in [7, 11) is 0. The van der Waals surface area contributed by atoms with Gasteiger partial charge in [-0.1, -0.05) is 36.4 Å². The maximum absolute atomic E-state index is 12.5. The summed E-state index contributed by atoms with van der Waals surface area (Å²) in [5.41, 5.74) is 5.58. The van der Waals surface area contributed by atoms with Gasteiger partial charge in [-0.25, -0.2) is 0 Å². The molecule has 2 aromatic rings. The SMILES string of the molecule is O=C1Nc2ccccc2[C@@]12CC2c1ccc2c(c1)CN=C2.